The zero-order valence-corrected chi connectivity index (χ0v) is 16.0. The predicted molar refractivity (Wildman–Crippen MR) is 102 cm³/mol. The summed E-state index contributed by atoms with van der Waals surface area (Å²) in [6, 6.07) is 9.50. The smallest absolute Gasteiger partial charge is 0.419 e. The summed E-state index contributed by atoms with van der Waals surface area (Å²) >= 11 is 1.17. The van der Waals surface area contributed by atoms with E-state index < -0.39 is 11.7 Å². The van der Waals surface area contributed by atoms with Crippen molar-refractivity contribution in [3.63, 3.8) is 0 Å². The van der Waals surface area contributed by atoms with Gasteiger partial charge in [-0.05, 0) is 36.2 Å². The maximum atomic E-state index is 13.1. The molecule has 1 aliphatic heterocycles. The molecule has 150 valence electrons. The second kappa shape index (κ2) is 8.87. The van der Waals surface area contributed by atoms with Crippen molar-refractivity contribution in [1.29, 1.82) is 0 Å². The Labute approximate surface area is 166 Å². The Morgan fingerprint density at radius 3 is 2.71 bits per heavy atom. The monoisotopic (exact) mass is 410 g/mol. The molecule has 0 spiro atoms. The van der Waals surface area contributed by atoms with Crippen molar-refractivity contribution in [3.05, 3.63) is 66.0 Å². The van der Waals surface area contributed by atoms with Gasteiger partial charge in [0.05, 0.1) is 12.2 Å². The normalized spacial score (nSPS) is 17.0. The standard InChI is InChI=1S/C20H21F3N2O2S/c1-14(13-27-16-6-4-15(12-26)5-7-16)25-10-8-17(11-25)28-19-18(20(21,22)23)3-2-9-24-19/h2-7,9,17,26H,1,8,10-13H2. The van der Waals surface area contributed by atoms with Gasteiger partial charge in [0.2, 0.25) is 0 Å². The van der Waals surface area contributed by atoms with Gasteiger partial charge in [0.25, 0.3) is 0 Å². The number of alkyl halides is 3. The lowest BCUT2D eigenvalue weighted by molar-refractivity contribution is -0.140. The Morgan fingerprint density at radius 2 is 2.04 bits per heavy atom. The molecular weight excluding hydrogens is 389 g/mol. The molecule has 0 aliphatic carbocycles. The molecule has 1 unspecified atom stereocenters. The summed E-state index contributed by atoms with van der Waals surface area (Å²) in [7, 11) is 0. The maximum absolute atomic E-state index is 13.1. The molecular formula is C20H21F3N2O2S. The topological polar surface area (TPSA) is 45.6 Å². The van der Waals surface area contributed by atoms with Gasteiger partial charge in [0, 0.05) is 30.2 Å². The lowest BCUT2D eigenvalue weighted by atomic mass is 10.2. The number of aliphatic hydroxyl groups excluding tert-OH is 1. The number of benzene rings is 1. The molecule has 1 N–H and O–H groups in total. The zero-order valence-electron chi connectivity index (χ0n) is 15.2. The highest BCUT2D eigenvalue weighted by molar-refractivity contribution is 8.00. The van der Waals surface area contributed by atoms with Gasteiger partial charge in [-0.3, -0.25) is 0 Å². The second-order valence-electron chi connectivity index (χ2n) is 6.49. The van der Waals surface area contributed by atoms with Crippen LogP contribution >= 0.6 is 11.8 Å². The number of ether oxygens (including phenoxy) is 1. The van der Waals surface area contributed by atoms with Gasteiger partial charge in [-0.25, -0.2) is 4.98 Å². The highest BCUT2D eigenvalue weighted by atomic mass is 32.2. The van der Waals surface area contributed by atoms with Gasteiger partial charge in [0.1, 0.15) is 17.4 Å². The molecule has 2 heterocycles. The number of hydrogen-bond acceptors (Lipinski definition) is 5. The molecule has 1 atom stereocenters. The van der Waals surface area contributed by atoms with Crippen LogP contribution in [0.5, 0.6) is 5.75 Å². The summed E-state index contributed by atoms with van der Waals surface area (Å²) in [5.41, 5.74) is 0.900. The first-order valence-corrected chi connectivity index (χ1v) is 9.69. The Hall–Kier alpha value is -2.19. The van der Waals surface area contributed by atoms with Crippen molar-refractivity contribution in [3.8, 4) is 5.75 Å². The number of likely N-dealkylation sites (tertiary alicyclic amines) is 1. The number of pyridine rings is 1. The number of hydrogen-bond donors (Lipinski definition) is 1. The lowest BCUT2D eigenvalue weighted by Gasteiger charge is -2.21. The van der Waals surface area contributed by atoms with E-state index >= 15 is 0 Å². The fourth-order valence-electron chi connectivity index (χ4n) is 2.92. The highest BCUT2D eigenvalue weighted by Crippen LogP contribution is 2.38. The maximum Gasteiger partial charge on any atom is 0.419 e. The Balaban J connectivity index is 1.53. The third-order valence-electron chi connectivity index (χ3n) is 4.46. The molecule has 0 bridgehead atoms. The van der Waals surface area contributed by atoms with Crippen molar-refractivity contribution in [2.24, 2.45) is 0 Å². The third-order valence-corrected chi connectivity index (χ3v) is 5.73. The summed E-state index contributed by atoms with van der Waals surface area (Å²) in [6.45, 7) is 5.64. The molecule has 1 aromatic carbocycles. The first-order chi connectivity index (χ1) is 13.4. The number of thioether (sulfide) groups is 1. The number of aliphatic hydroxyl groups is 1. The van der Waals surface area contributed by atoms with E-state index in [-0.39, 0.29) is 16.9 Å². The van der Waals surface area contributed by atoms with Gasteiger partial charge in [-0.2, -0.15) is 13.2 Å². The quantitative estimate of drug-likeness (QED) is 0.735. The van der Waals surface area contributed by atoms with Crippen LogP contribution in [0.15, 0.2) is 59.9 Å². The molecule has 28 heavy (non-hydrogen) atoms. The van der Waals surface area contributed by atoms with Crippen molar-refractivity contribution in [2.75, 3.05) is 19.7 Å². The summed E-state index contributed by atoms with van der Waals surface area (Å²) in [4.78, 5) is 5.97. The fraction of sp³-hybridized carbons (Fsp3) is 0.350. The molecule has 1 fully saturated rings. The summed E-state index contributed by atoms with van der Waals surface area (Å²) in [5.74, 6) is 0.673. The van der Waals surface area contributed by atoms with Gasteiger partial charge < -0.3 is 14.7 Å². The van der Waals surface area contributed by atoms with Gasteiger partial charge >= 0.3 is 6.18 Å². The lowest BCUT2D eigenvalue weighted by Crippen LogP contribution is -2.24. The molecule has 3 rings (SSSR count). The Kier molecular flexibility index (Phi) is 6.51. The van der Waals surface area contributed by atoms with Crippen LogP contribution in [-0.2, 0) is 12.8 Å². The minimum Gasteiger partial charge on any atom is -0.487 e. The summed E-state index contributed by atoms with van der Waals surface area (Å²) in [6.07, 6.45) is -2.26. The van der Waals surface area contributed by atoms with Crippen molar-refractivity contribution in [1.82, 2.24) is 9.88 Å². The molecule has 1 aromatic heterocycles. The first kappa shape index (κ1) is 20.5. The predicted octanol–water partition coefficient (Wildman–Crippen LogP) is 4.35. The highest BCUT2D eigenvalue weighted by Gasteiger charge is 2.35. The van der Waals surface area contributed by atoms with E-state index in [2.05, 4.69) is 11.6 Å². The second-order valence-corrected chi connectivity index (χ2v) is 7.77. The van der Waals surface area contributed by atoms with E-state index in [9.17, 15) is 13.2 Å². The minimum atomic E-state index is -4.40. The van der Waals surface area contributed by atoms with Crippen LogP contribution in [0, 0.1) is 0 Å². The van der Waals surface area contributed by atoms with Crippen molar-refractivity contribution in [2.45, 2.75) is 29.5 Å². The molecule has 1 aliphatic rings. The van der Waals surface area contributed by atoms with Crippen LogP contribution in [0.2, 0.25) is 0 Å². The van der Waals surface area contributed by atoms with E-state index in [0.29, 0.717) is 18.9 Å². The van der Waals surface area contributed by atoms with E-state index in [0.717, 1.165) is 30.3 Å². The van der Waals surface area contributed by atoms with Crippen LogP contribution in [0.3, 0.4) is 0 Å². The average molecular weight is 410 g/mol. The molecule has 0 saturated carbocycles. The Morgan fingerprint density at radius 1 is 1.29 bits per heavy atom. The molecule has 4 nitrogen and oxygen atoms in total. The van der Waals surface area contributed by atoms with Crippen LogP contribution in [-0.4, -0.2) is 39.9 Å². The zero-order chi connectivity index (χ0) is 20.1. The molecule has 2 aromatic rings. The van der Waals surface area contributed by atoms with Gasteiger partial charge in [-0.1, -0.05) is 18.7 Å². The summed E-state index contributed by atoms with van der Waals surface area (Å²) in [5, 5.41) is 9.08. The van der Waals surface area contributed by atoms with E-state index in [1.165, 1.54) is 24.0 Å². The first-order valence-electron chi connectivity index (χ1n) is 8.81. The third kappa shape index (κ3) is 5.20. The molecule has 0 amide bonds. The number of aromatic nitrogens is 1. The summed E-state index contributed by atoms with van der Waals surface area (Å²) < 4.78 is 45.1. The van der Waals surface area contributed by atoms with Crippen molar-refractivity contribution < 1.29 is 23.0 Å². The van der Waals surface area contributed by atoms with Crippen LogP contribution < -0.4 is 4.74 Å². The van der Waals surface area contributed by atoms with E-state index in [1.807, 2.05) is 4.90 Å². The molecule has 8 heteroatoms. The van der Waals surface area contributed by atoms with Crippen molar-refractivity contribution >= 4 is 11.8 Å². The fourth-order valence-corrected chi connectivity index (χ4v) is 4.14. The van der Waals surface area contributed by atoms with Crippen LogP contribution in [0.25, 0.3) is 0 Å². The number of rotatable bonds is 7. The molecule has 1 saturated heterocycles. The molecule has 0 radical (unpaired) electrons. The average Bonchev–Trinajstić information content (AvgIpc) is 3.14. The number of nitrogens with zero attached hydrogens (tertiary/aromatic N) is 2. The van der Waals surface area contributed by atoms with E-state index in [4.69, 9.17) is 9.84 Å². The van der Waals surface area contributed by atoms with E-state index in [1.54, 1.807) is 24.3 Å². The number of halogens is 3. The minimum absolute atomic E-state index is 0.0107. The SMILES string of the molecule is C=C(COc1ccc(CO)cc1)N1CCC(Sc2ncccc2C(F)(F)F)C1. The largest absolute Gasteiger partial charge is 0.487 e. The van der Waals surface area contributed by atoms with Gasteiger partial charge in [0.15, 0.2) is 0 Å². The van der Waals surface area contributed by atoms with Crippen LogP contribution in [0.4, 0.5) is 13.2 Å². The Bertz CT molecular complexity index is 812. The van der Waals surface area contributed by atoms with Crippen LogP contribution in [0.1, 0.15) is 17.5 Å². The van der Waals surface area contributed by atoms with Gasteiger partial charge in [-0.15, -0.1) is 11.8 Å².